The average molecular weight is 308 g/mol. The maximum Gasteiger partial charge on any atom is 0.224 e. The molecule has 0 aliphatic carbocycles. The van der Waals surface area contributed by atoms with Gasteiger partial charge >= 0.3 is 0 Å². The summed E-state index contributed by atoms with van der Waals surface area (Å²) < 4.78 is 10.8. The van der Waals surface area contributed by atoms with Gasteiger partial charge in [0, 0.05) is 18.5 Å². The molecule has 0 fully saturated rings. The summed E-state index contributed by atoms with van der Waals surface area (Å²) in [5.41, 5.74) is 6.88. The van der Waals surface area contributed by atoms with Crippen LogP contribution in [-0.4, -0.2) is 32.2 Å². The number of hydrogen-bond acceptors (Lipinski definition) is 4. The molecule has 124 valence electrons. The van der Waals surface area contributed by atoms with Crippen LogP contribution in [0.4, 0.5) is 0 Å². The number of carbonyl (C=O) groups excluding carboxylic acids is 1. The fraction of sp³-hybridized carbons (Fsp3) is 0.588. The van der Waals surface area contributed by atoms with Gasteiger partial charge in [-0.2, -0.15) is 0 Å². The number of nitrogens with two attached hydrogens (primary N) is 1. The van der Waals surface area contributed by atoms with Gasteiger partial charge in [0.15, 0.2) is 11.5 Å². The predicted octanol–water partition coefficient (Wildman–Crippen LogP) is 2.13. The lowest BCUT2D eigenvalue weighted by molar-refractivity contribution is -0.124. The number of ether oxygens (including phenoxy) is 2. The first-order valence-corrected chi connectivity index (χ1v) is 7.82. The van der Waals surface area contributed by atoms with Crippen LogP contribution in [0.5, 0.6) is 11.5 Å². The van der Waals surface area contributed by atoms with E-state index in [4.69, 9.17) is 15.2 Å². The molecule has 0 spiro atoms. The van der Waals surface area contributed by atoms with Crippen LogP contribution < -0.4 is 20.5 Å². The predicted molar refractivity (Wildman–Crippen MR) is 88.3 cm³/mol. The van der Waals surface area contributed by atoms with Crippen molar-refractivity contribution in [3.05, 3.63) is 23.8 Å². The number of carbonyl (C=O) groups is 1. The maximum atomic E-state index is 11.8. The summed E-state index contributed by atoms with van der Waals surface area (Å²) in [4.78, 5) is 11.8. The summed E-state index contributed by atoms with van der Waals surface area (Å²) in [6.07, 6.45) is 1.74. The minimum atomic E-state index is -0.162. The highest BCUT2D eigenvalue weighted by atomic mass is 16.5. The molecule has 0 aliphatic heterocycles. The Morgan fingerprint density at radius 1 is 1.32 bits per heavy atom. The van der Waals surface area contributed by atoms with E-state index in [0.717, 1.165) is 24.3 Å². The van der Waals surface area contributed by atoms with Crippen LogP contribution in [0.2, 0.25) is 0 Å². The van der Waals surface area contributed by atoms with Gasteiger partial charge < -0.3 is 20.5 Å². The summed E-state index contributed by atoms with van der Waals surface area (Å²) in [5.74, 6) is 1.35. The van der Waals surface area contributed by atoms with Crippen molar-refractivity contribution in [1.82, 2.24) is 5.32 Å². The Balaban J connectivity index is 2.45. The zero-order chi connectivity index (χ0) is 16.5. The van der Waals surface area contributed by atoms with Crippen molar-refractivity contribution in [3.8, 4) is 11.5 Å². The lowest BCUT2D eigenvalue weighted by Gasteiger charge is -2.15. The third-order valence-electron chi connectivity index (χ3n) is 3.67. The van der Waals surface area contributed by atoms with Gasteiger partial charge in [0.25, 0.3) is 0 Å². The number of amides is 1. The van der Waals surface area contributed by atoms with E-state index in [1.165, 1.54) is 5.56 Å². The molecule has 0 radical (unpaired) electrons. The quantitative estimate of drug-likeness (QED) is 0.685. The molecule has 5 heteroatoms. The second-order valence-electron chi connectivity index (χ2n) is 5.46. The van der Waals surface area contributed by atoms with E-state index in [2.05, 4.69) is 5.32 Å². The molecule has 2 atom stereocenters. The van der Waals surface area contributed by atoms with Crippen molar-refractivity contribution in [2.24, 2.45) is 11.7 Å². The first-order chi connectivity index (χ1) is 10.5. The second kappa shape index (κ2) is 9.30. The first kappa shape index (κ1) is 18.3. The second-order valence-corrected chi connectivity index (χ2v) is 5.46. The fourth-order valence-electron chi connectivity index (χ4n) is 2.05. The molecule has 3 N–H and O–H groups in total. The monoisotopic (exact) mass is 308 g/mol. The van der Waals surface area contributed by atoms with Crippen molar-refractivity contribution in [2.45, 2.75) is 39.7 Å². The van der Waals surface area contributed by atoms with Crippen molar-refractivity contribution in [3.63, 3.8) is 0 Å². The largest absolute Gasteiger partial charge is 0.493 e. The Morgan fingerprint density at radius 2 is 2.05 bits per heavy atom. The molecule has 1 rings (SSSR count). The maximum absolute atomic E-state index is 11.8. The molecule has 22 heavy (non-hydrogen) atoms. The summed E-state index contributed by atoms with van der Waals surface area (Å²) in [7, 11) is 1.63. The zero-order valence-corrected chi connectivity index (χ0v) is 14.0. The molecule has 5 nitrogen and oxygen atoms in total. The van der Waals surface area contributed by atoms with Crippen LogP contribution >= 0.6 is 0 Å². The zero-order valence-electron chi connectivity index (χ0n) is 14.0. The van der Waals surface area contributed by atoms with Gasteiger partial charge in [-0.15, -0.1) is 0 Å². The smallest absolute Gasteiger partial charge is 0.224 e. The minimum absolute atomic E-state index is 0.0136. The Hall–Kier alpha value is -1.75. The summed E-state index contributed by atoms with van der Waals surface area (Å²) >= 11 is 0. The lowest BCUT2D eigenvalue weighted by atomic mass is 10.0. The van der Waals surface area contributed by atoms with E-state index < -0.39 is 0 Å². The van der Waals surface area contributed by atoms with Gasteiger partial charge in [0.1, 0.15) is 0 Å². The molecule has 0 saturated carbocycles. The number of hydrogen-bond donors (Lipinski definition) is 2. The van der Waals surface area contributed by atoms with Gasteiger partial charge in [-0.3, -0.25) is 4.79 Å². The summed E-state index contributed by atoms with van der Waals surface area (Å²) in [6, 6.07) is 5.80. The number of aryl methyl sites for hydroxylation is 1. The summed E-state index contributed by atoms with van der Waals surface area (Å²) in [5, 5.41) is 2.92. The average Bonchev–Trinajstić information content (AvgIpc) is 2.51. The molecule has 1 amide bonds. The molecule has 0 aromatic heterocycles. The van der Waals surface area contributed by atoms with E-state index in [1.54, 1.807) is 7.11 Å². The molecule has 0 bridgehead atoms. The van der Waals surface area contributed by atoms with Crippen LogP contribution in [0, 0.1) is 5.92 Å². The van der Waals surface area contributed by atoms with Crippen molar-refractivity contribution in [2.75, 3.05) is 20.3 Å². The van der Waals surface area contributed by atoms with E-state index >= 15 is 0 Å². The molecule has 2 unspecified atom stereocenters. The number of nitrogens with one attached hydrogen (secondary N) is 1. The van der Waals surface area contributed by atoms with Gasteiger partial charge in [0.05, 0.1) is 13.7 Å². The third-order valence-corrected chi connectivity index (χ3v) is 3.67. The topological polar surface area (TPSA) is 73.6 Å². The normalized spacial score (nSPS) is 13.3. The number of benzene rings is 1. The van der Waals surface area contributed by atoms with Gasteiger partial charge in [-0.1, -0.05) is 13.0 Å². The van der Waals surface area contributed by atoms with Crippen LogP contribution in [-0.2, 0) is 11.2 Å². The molecule has 0 saturated heterocycles. The molecular weight excluding hydrogens is 280 g/mol. The SMILES string of the molecule is CCOc1cc(CCCNC(=O)C(C)C(C)N)ccc1OC. The summed E-state index contributed by atoms with van der Waals surface area (Å²) in [6.45, 7) is 6.88. The number of rotatable bonds is 9. The highest BCUT2D eigenvalue weighted by molar-refractivity contribution is 5.78. The van der Waals surface area contributed by atoms with E-state index in [9.17, 15) is 4.79 Å². The van der Waals surface area contributed by atoms with Crippen LogP contribution in [0.15, 0.2) is 18.2 Å². The van der Waals surface area contributed by atoms with E-state index in [1.807, 2.05) is 39.0 Å². The Bertz CT molecular complexity index is 475. The number of methoxy groups -OCH3 is 1. The molecule has 0 aliphatic rings. The van der Waals surface area contributed by atoms with E-state index in [0.29, 0.717) is 13.2 Å². The lowest BCUT2D eigenvalue weighted by Crippen LogP contribution is -2.39. The molecule has 1 aromatic rings. The highest BCUT2D eigenvalue weighted by Crippen LogP contribution is 2.28. The van der Waals surface area contributed by atoms with Crippen molar-refractivity contribution < 1.29 is 14.3 Å². The first-order valence-electron chi connectivity index (χ1n) is 7.82. The van der Waals surface area contributed by atoms with Crippen LogP contribution in [0.25, 0.3) is 0 Å². The molecule has 1 aromatic carbocycles. The Kier molecular flexibility index (Phi) is 7.74. The molecule has 0 heterocycles. The van der Waals surface area contributed by atoms with E-state index in [-0.39, 0.29) is 17.9 Å². The molecular formula is C17H28N2O3. The fourth-order valence-corrected chi connectivity index (χ4v) is 2.05. The standard InChI is InChI=1S/C17H28N2O3/c1-5-22-16-11-14(8-9-15(16)21-4)7-6-10-19-17(20)12(2)13(3)18/h8-9,11-13H,5-7,10,18H2,1-4H3,(H,19,20). The van der Waals surface area contributed by atoms with Crippen molar-refractivity contribution >= 4 is 5.91 Å². The van der Waals surface area contributed by atoms with Gasteiger partial charge in [0.2, 0.25) is 5.91 Å². The highest BCUT2D eigenvalue weighted by Gasteiger charge is 2.16. The van der Waals surface area contributed by atoms with Gasteiger partial charge in [-0.25, -0.2) is 0 Å². The third kappa shape index (κ3) is 5.56. The Morgan fingerprint density at radius 3 is 2.64 bits per heavy atom. The Labute approximate surface area is 133 Å². The minimum Gasteiger partial charge on any atom is -0.493 e. The van der Waals surface area contributed by atoms with Crippen LogP contribution in [0.1, 0.15) is 32.8 Å². The van der Waals surface area contributed by atoms with Crippen LogP contribution in [0.3, 0.4) is 0 Å². The van der Waals surface area contributed by atoms with Crippen molar-refractivity contribution in [1.29, 1.82) is 0 Å². The van der Waals surface area contributed by atoms with Gasteiger partial charge in [-0.05, 0) is 44.4 Å².